The molecule has 0 aliphatic carbocycles. The zero-order valence-corrected chi connectivity index (χ0v) is 21.0. The number of hydrogen-bond donors (Lipinski definition) is 1. The number of sulfonamides is 1. The van der Waals surface area contributed by atoms with Crippen LogP contribution in [0.3, 0.4) is 0 Å². The van der Waals surface area contributed by atoms with Crippen molar-refractivity contribution in [2.75, 3.05) is 13.1 Å². The molecule has 0 fully saturated rings. The molecule has 0 spiro atoms. The van der Waals surface area contributed by atoms with Crippen molar-refractivity contribution in [3.8, 4) is 0 Å². The average Bonchev–Trinajstić information content (AvgIpc) is 3.30. The molecule has 8 nitrogen and oxygen atoms in total. The number of halogens is 1. The van der Waals surface area contributed by atoms with E-state index in [0.29, 0.717) is 30.8 Å². The molecule has 0 aliphatic heterocycles. The summed E-state index contributed by atoms with van der Waals surface area (Å²) in [5.41, 5.74) is 2.07. The number of rotatable bonds is 11. The zero-order valence-electron chi connectivity index (χ0n) is 20.2. The van der Waals surface area contributed by atoms with E-state index < -0.39 is 27.8 Å². The topological polar surface area (TPSA) is 101 Å². The summed E-state index contributed by atoms with van der Waals surface area (Å²) in [5, 5.41) is 5.17. The Morgan fingerprint density at radius 3 is 2.36 bits per heavy atom. The van der Waals surface area contributed by atoms with Gasteiger partial charge in [-0.2, -0.15) is 5.10 Å². The van der Waals surface area contributed by atoms with Gasteiger partial charge in [-0.15, -0.1) is 0 Å². The van der Waals surface area contributed by atoms with Gasteiger partial charge in [-0.1, -0.05) is 42.5 Å². The summed E-state index contributed by atoms with van der Waals surface area (Å²) in [6.07, 6.45) is 4.56. The highest BCUT2D eigenvalue weighted by atomic mass is 32.2. The third-order valence-corrected chi connectivity index (χ3v) is 6.54. The van der Waals surface area contributed by atoms with Gasteiger partial charge in [0.1, 0.15) is 11.7 Å². The Morgan fingerprint density at radius 2 is 1.72 bits per heavy atom. The lowest BCUT2D eigenvalue weighted by atomic mass is 9.99. The number of aromatic nitrogens is 2. The highest BCUT2D eigenvalue weighted by molar-refractivity contribution is 7.93. The summed E-state index contributed by atoms with van der Waals surface area (Å²) in [6, 6.07) is 14.8. The minimum absolute atomic E-state index is 0.0253. The Balaban J connectivity index is 1.77. The largest absolute Gasteiger partial charge is 0.343 e. The first-order chi connectivity index (χ1) is 17.2. The van der Waals surface area contributed by atoms with Crippen LogP contribution in [0, 0.1) is 11.7 Å². The Labute approximate surface area is 210 Å². The number of benzene rings is 2. The maximum absolute atomic E-state index is 13.2. The molecule has 1 aromatic heterocycles. The number of nitrogens with one attached hydrogen (secondary N) is 1. The van der Waals surface area contributed by atoms with Crippen LogP contribution >= 0.6 is 0 Å². The molecule has 190 valence electrons. The molecule has 1 atom stereocenters. The smallest absolute Gasteiger partial charge is 0.257 e. The maximum Gasteiger partial charge on any atom is 0.257 e. The first-order valence-corrected chi connectivity index (χ1v) is 13.1. The monoisotopic (exact) mass is 512 g/mol. The highest BCUT2D eigenvalue weighted by Crippen LogP contribution is 2.15. The third-order valence-electron chi connectivity index (χ3n) is 5.56. The van der Waals surface area contributed by atoms with Crippen LogP contribution < -0.4 is 4.72 Å². The predicted molar refractivity (Wildman–Crippen MR) is 135 cm³/mol. The van der Waals surface area contributed by atoms with E-state index in [1.807, 2.05) is 4.72 Å². The first kappa shape index (κ1) is 26.8. The quantitative estimate of drug-likeness (QED) is 0.398. The molecular formula is C26H29FN4O4S. The van der Waals surface area contributed by atoms with Gasteiger partial charge in [0.2, 0.25) is 11.8 Å². The molecule has 3 aromatic rings. The third kappa shape index (κ3) is 7.61. The van der Waals surface area contributed by atoms with Crippen LogP contribution in [0.5, 0.6) is 0 Å². The standard InChI is InChI=1S/C26H29FN4O4S/c1-3-30(4-2)26(33)24(25(32)29-36(34,35)15-14-20-8-6-5-7-9-20)16-22-17-28-31(19-22)18-21-10-12-23(27)13-11-21/h5-15,17,19,24H,3-4,16,18H2,1-2H3,(H,29,32). The van der Waals surface area contributed by atoms with Gasteiger partial charge in [-0.25, -0.2) is 17.5 Å². The lowest BCUT2D eigenvalue weighted by Gasteiger charge is -2.24. The fraction of sp³-hybridized carbons (Fsp3) is 0.269. The van der Waals surface area contributed by atoms with E-state index in [0.717, 1.165) is 11.0 Å². The molecule has 0 saturated heterocycles. The molecule has 10 heteroatoms. The minimum atomic E-state index is -4.13. The van der Waals surface area contributed by atoms with Gasteiger partial charge in [0.15, 0.2) is 0 Å². The van der Waals surface area contributed by atoms with Gasteiger partial charge in [-0.05, 0) is 55.2 Å². The van der Waals surface area contributed by atoms with Crippen molar-refractivity contribution < 1.29 is 22.4 Å². The Morgan fingerprint density at radius 1 is 1.06 bits per heavy atom. The van der Waals surface area contributed by atoms with Gasteiger partial charge in [-0.3, -0.25) is 14.3 Å². The van der Waals surface area contributed by atoms with Crippen LogP contribution in [0.15, 0.2) is 72.4 Å². The number of nitrogens with zero attached hydrogens (tertiary/aromatic N) is 3. The van der Waals surface area contributed by atoms with Crippen molar-refractivity contribution >= 4 is 27.9 Å². The van der Waals surface area contributed by atoms with Crippen LogP contribution in [0.2, 0.25) is 0 Å². The molecule has 1 heterocycles. The molecule has 0 saturated carbocycles. The van der Waals surface area contributed by atoms with E-state index in [1.165, 1.54) is 29.3 Å². The van der Waals surface area contributed by atoms with Crippen LogP contribution in [-0.2, 0) is 32.6 Å². The van der Waals surface area contributed by atoms with E-state index >= 15 is 0 Å². The number of carbonyl (C=O) groups is 2. The second-order valence-electron chi connectivity index (χ2n) is 8.16. The number of carbonyl (C=O) groups excluding carboxylic acids is 2. The average molecular weight is 513 g/mol. The predicted octanol–water partition coefficient (Wildman–Crippen LogP) is 3.21. The summed E-state index contributed by atoms with van der Waals surface area (Å²) in [4.78, 5) is 27.7. The highest BCUT2D eigenvalue weighted by Gasteiger charge is 2.32. The van der Waals surface area contributed by atoms with Crippen LogP contribution in [0.4, 0.5) is 4.39 Å². The Hall–Kier alpha value is -3.79. The van der Waals surface area contributed by atoms with Crippen LogP contribution in [0.25, 0.3) is 6.08 Å². The summed E-state index contributed by atoms with van der Waals surface area (Å²) in [6.45, 7) is 4.71. The number of hydrogen-bond acceptors (Lipinski definition) is 5. The van der Waals surface area contributed by atoms with E-state index in [2.05, 4.69) is 5.10 Å². The second-order valence-corrected chi connectivity index (χ2v) is 9.73. The second kappa shape index (κ2) is 12.3. The van der Waals surface area contributed by atoms with Gasteiger partial charge in [0.25, 0.3) is 10.0 Å². The lowest BCUT2D eigenvalue weighted by Crippen LogP contribution is -2.45. The van der Waals surface area contributed by atoms with Crippen molar-refractivity contribution in [1.82, 2.24) is 19.4 Å². The van der Waals surface area contributed by atoms with Gasteiger partial charge >= 0.3 is 0 Å². The Kier molecular flexibility index (Phi) is 9.13. The van der Waals surface area contributed by atoms with Gasteiger partial charge in [0, 0.05) is 19.3 Å². The fourth-order valence-corrected chi connectivity index (χ4v) is 4.46. The van der Waals surface area contributed by atoms with E-state index in [9.17, 15) is 22.4 Å². The van der Waals surface area contributed by atoms with Gasteiger partial charge in [0.05, 0.1) is 18.1 Å². The molecule has 1 unspecified atom stereocenters. The van der Waals surface area contributed by atoms with Crippen molar-refractivity contribution in [2.45, 2.75) is 26.8 Å². The lowest BCUT2D eigenvalue weighted by molar-refractivity contribution is -0.141. The summed E-state index contributed by atoms with van der Waals surface area (Å²) < 4.78 is 41.9. The van der Waals surface area contributed by atoms with Crippen LogP contribution in [0.1, 0.15) is 30.5 Å². The minimum Gasteiger partial charge on any atom is -0.343 e. The fourth-order valence-electron chi connectivity index (χ4n) is 3.64. The molecule has 1 N–H and O–H groups in total. The van der Waals surface area contributed by atoms with E-state index in [-0.39, 0.29) is 12.2 Å². The Bertz CT molecular complexity index is 1300. The van der Waals surface area contributed by atoms with Gasteiger partial charge < -0.3 is 4.90 Å². The van der Waals surface area contributed by atoms with Crippen molar-refractivity contribution in [2.24, 2.45) is 5.92 Å². The molecule has 0 bridgehead atoms. The summed E-state index contributed by atoms with van der Waals surface area (Å²) in [7, 11) is -4.13. The maximum atomic E-state index is 13.2. The molecule has 0 radical (unpaired) electrons. The van der Waals surface area contributed by atoms with E-state index in [1.54, 1.807) is 67.2 Å². The van der Waals surface area contributed by atoms with E-state index in [4.69, 9.17) is 0 Å². The summed E-state index contributed by atoms with van der Waals surface area (Å²) in [5.74, 6) is -2.97. The molecule has 2 aromatic carbocycles. The van der Waals surface area contributed by atoms with Crippen LogP contribution in [-0.4, -0.2) is 48.0 Å². The van der Waals surface area contributed by atoms with Crippen molar-refractivity contribution in [3.63, 3.8) is 0 Å². The molecule has 3 rings (SSSR count). The summed E-state index contributed by atoms with van der Waals surface area (Å²) >= 11 is 0. The molecular weight excluding hydrogens is 483 g/mol. The SMILES string of the molecule is CCN(CC)C(=O)C(Cc1cnn(Cc2ccc(F)cc2)c1)C(=O)NS(=O)(=O)C=Cc1ccccc1. The normalized spacial score (nSPS) is 12.4. The number of amides is 2. The first-order valence-electron chi connectivity index (χ1n) is 11.5. The molecule has 36 heavy (non-hydrogen) atoms. The van der Waals surface area contributed by atoms with Crippen molar-refractivity contribution in [3.05, 3.63) is 94.9 Å². The van der Waals surface area contributed by atoms with Crippen molar-refractivity contribution in [1.29, 1.82) is 0 Å². The molecule has 0 aliphatic rings. The molecule has 2 amide bonds. The zero-order chi connectivity index (χ0) is 26.1.